The van der Waals surface area contributed by atoms with E-state index in [0.29, 0.717) is 0 Å². The molecule has 1 atom stereocenters. The van der Waals surface area contributed by atoms with Gasteiger partial charge >= 0.3 is 0 Å². The van der Waals surface area contributed by atoms with Crippen molar-refractivity contribution in [3.05, 3.63) is 28.3 Å². The maximum absolute atomic E-state index is 6.28. The monoisotopic (exact) mass is 239 g/mol. The van der Waals surface area contributed by atoms with Crippen LogP contribution in [0.3, 0.4) is 0 Å². The smallest absolute Gasteiger partial charge is 0.123 e. The number of rotatable bonds is 1. The lowest BCUT2D eigenvalue weighted by atomic mass is 9.99. The van der Waals surface area contributed by atoms with Crippen molar-refractivity contribution in [2.45, 2.75) is 12.5 Å². The van der Waals surface area contributed by atoms with E-state index in [1.54, 1.807) is 0 Å². The van der Waals surface area contributed by atoms with Crippen LogP contribution in [0.5, 0.6) is 5.75 Å². The van der Waals surface area contributed by atoms with Crippen molar-refractivity contribution in [1.82, 2.24) is 5.32 Å². The van der Waals surface area contributed by atoms with Gasteiger partial charge < -0.3 is 14.8 Å². The molecule has 0 amide bonds. The van der Waals surface area contributed by atoms with Crippen LogP contribution in [0.1, 0.15) is 17.2 Å². The Morgan fingerprint density at radius 1 is 1.31 bits per heavy atom. The van der Waals surface area contributed by atoms with E-state index in [9.17, 15) is 0 Å². The van der Waals surface area contributed by atoms with Gasteiger partial charge in [-0.25, -0.2) is 0 Å². The van der Waals surface area contributed by atoms with E-state index in [4.69, 9.17) is 21.1 Å². The van der Waals surface area contributed by atoms with Crippen LogP contribution in [0.25, 0.3) is 0 Å². The fraction of sp³-hybridized carbons (Fsp3) is 0.500. The summed E-state index contributed by atoms with van der Waals surface area (Å²) in [5, 5.41) is 4.12. The van der Waals surface area contributed by atoms with Crippen LogP contribution in [0.15, 0.2) is 12.1 Å². The molecule has 2 heterocycles. The van der Waals surface area contributed by atoms with Crippen molar-refractivity contribution in [2.75, 3.05) is 26.3 Å². The van der Waals surface area contributed by atoms with E-state index in [1.165, 1.54) is 5.56 Å². The Balaban J connectivity index is 2.01. The maximum Gasteiger partial charge on any atom is 0.123 e. The third-order valence-electron chi connectivity index (χ3n) is 3.12. The fourth-order valence-corrected chi connectivity index (χ4v) is 2.67. The molecule has 0 spiro atoms. The largest absolute Gasteiger partial charge is 0.493 e. The highest BCUT2D eigenvalue weighted by atomic mass is 35.5. The third-order valence-corrected chi connectivity index (χ3v) is 3.45. The van der Waals surface area contributed by atoms with E-state index in [1.807, 2.05) is 12.1 Å². The molecule has 1 N–H and O–H groups in total. The average molecular weight is 240 g/mol. The van der Waals surface area contributed by atoms with Crippen molar-refractivity contribution in [2.24, 2.45) is 0 Å². The lowest BCUT2D eigenvalue weighted by Gasteiger charge is -2.26. The molecule has 4 heteroatoms. The van der Waals surface area contributed by atoms with Gasteiger partial charge in [-0.15, -0.1) is 0 Å². The number of benzene rings is 1. The van der Waals surface area contributed by atoms with Gasteiger partial charge in [-0.3, -0.25) is 0 Å². The number of fused-ring (bicyclic) bond motifs is 1. The van der Waals surface area contributed by atoms with Gasteiger partial charge in [-0.1, -0.05) is 11.6 Å². The summed E-state index contributed by atoms with van der Waals surface area (Å²) in [6, 6.07) is 3.85. The number of ether oxygens (including phenoxy) is 2. The summed E-state index contributed by atoms with van der Waals surface area (Å²) >= 11 is 6.28. The lowest BCUT2D eigenvalue weighted by molar-refractivity contribution is 0.0273. The molecule has 0 bridgehead atoms. The second-order valence-corrected chi connectivity index (χ2v) is 4.51. The van der Waals surface area contributed by atoms with Crippen molar-refractivity contribution in [1.29, 1.82) is 0 Å². The fourth-order valence-electron chi connectivity index (χ4n) is 2.37. The zero-order chi connectivity index (χ0) is 11.0. The third kappa shape index (κ3) is 1.69. The summed E-state index contributed by atoms with van der Waals surface area (Å²) in [6.45, 7) is 3.24. The molecule has 0 aliphatic carbocycles. The van der Waals surface area contributed by atoms with E-state index >= 15 is 0 Å². The number of hydrogen-bond donors (Lipinski definition) is 1. The lowest BCUT2D eigenvalue weighted by Crippen LogP contribution is -2.33. The highest BCUT2D eigenvalue weighted by Crippen LogP contribution is 2.38. The van der Waals surface area contributed by atoms with Crippen molar-refractivity contribution in [3.8, 4) is 5.75 Å². The van der Waals surface area contributed by atoms with Crippen LogP contribution >= 0.6 is 11.6 Å². The van der Waals surface area contributed by atoms with Gasteiger partial charge in [0.05, 0.1) is 19.3 Å². The van der Waals surface area contributed by atoms with Gasteiger partial charge in [0.25, 0.3) is 0 Å². The van der Waals surface area contributed by atoms with E-state index in [2.05, 4.69) is 5.32 Å². The minimum absolute atomic E-state index is 0.0675. The molecule has 1 unspecified atom stereocenters. The molecule has 2 aliphatic heterocycles. The molecule has 86 valence electrons. The molecule has 2 aliphatic rings. The van der Waals surface area contributed by atoms with Gasteiger partial charge in [0, 0.05) is 35.7 Å². The van der Waals surface area contributed by atoms with Crippen LogP contribution in [0.4, 0.5) is 0 Å². The average Bonchev–Trinajstić information content (AvgIpc) is 2.78. The van der Waals surface area contributed by atoms with Crippen LogP contribution in [-0.4, -0.2) is 26.3 Å². The van der Waals surface area contributed by atoms with Gasteiger partial charge in [0.1, 0.15) is 5.75 Å². The second kappa shape index (κ2) is 4.24. The summed E-state index contributed by atoms with van der Waals surface area (Å²) in [6.07, 6.45) is 1.00. The SMILES string of the molecule is Clc1ccc2c(c1C1CNCCO1)CCO2. The first-order valence-corrected chi connectivity index (χ1v) is 6.00. The first kappa shape index (κ1) is 10.4. The molecule has 1 saturated heterocycles. The van der Waals surface area contributed by atoms with Gasteiger partial charge in [-0.05, 0) is 12.1 Å². The molecule has 0 aromatic heterocycles. The molecule has 1 fully saturated rings. The summed E-state index contributed by atoms with van der Waals surface area (Å²) in [7, 11) is 0. The van der Waals surface area contributed by atoms with E-state index in [-0.39, 0.29) is 6.10 Å². The molecule has 16 heavy (non-hydrogen) atoms. The molecule has 3 nitrogen and oxygen atoms in total. The van der Waals surface area contributed by atoms with E-state index < -0.39 is 0 Å². The molecule has 0 saturated carbocycles. The number of morpholine rings is 1. The minimum atomic E-state index is 0.0675. The number of halogens is 1. The summed E-state index contributed by atoms with van der Waals surface area (Å²) in [4.78, 5) is 0. The molecule has 1 aromatic carbocycles. The first-order valence-electron chi connectivity index (χ1n) is 5.62. The molecule has 1 aromatic rings. The molecular weight excluding hydrogens is 226 g/mol. The summed E-state index contributed by atoms with van der Waals surface area (Å²) in [5.74, 6) is 0.966. The Morgan fingerprint density at radius 3 is 3.06 bits per heavy atom. The van der Waals surface area contributed by atoms with Crippen molar-refractivity contribution >= 4 is 11.6 Å². The standard InChI is InChI=1S/C12H14ClNO2/c13-9-1-2-10-8(3-5-15-10)12(9)11-7-14-4-6-16-11/h1-2,11,14H,3-7H2. The quantitative estimate of drug-likeness (QED) is 0.813. The Kier molecular flexibility index (Phi) is 2.75. The van der Waals surface area contributed by atoms with Crippen LogP contribution < -0.4 is 10.1 Å². The summed E-state index contributed by atoms with van der Waals surface area (Å²) in [5.41, 5.74) is 2.34. The zero-order valence-electron chi connectivity index (χ0n) is 8.96. The Bertz CT molecular complexity index is 402. The normalized spacial score (nSPS) is 23.9. The Morgan fingerprint density at radius 2 is 2.25 bits per heavy atom. The number of hydrogen-bond acceptors (Lipinski definition) is 3. The molecular formula is C12H14ClNO2. The van der Waals surface area contributed by atoms with Gasteiger partial charge in [0.15, 0.2) is 0 Å². The highest BCUT2D eigenvalue weighted by molar-refractivity contribution is 6.31. The first-order chi connectivity index (χ1) is 7.86. The maximum atomic E-state index is 6.28. The zero-order valence-corrected chi connectivity index (χ0v) is 9.72. The highest BCUT2D eigenvalue weighted by Gasteiger charge is 2.26. The molecule has 3 rings (SSSR count). The van der Waals surface area contributed by atoms with Crippen molar-refractivity contribution < 1.29 is 9.47 Å². The van der Waals surface area contributed by atoms with Gasteiger partial charge in [-0.2, -0.15) is 0 Å². The predicted molar refractivity (Wildman–Crippen MR) is 62.2 cm³/mol. The van der Waals surface area contributed by atoms with Gasteiger partial charge in [0.2, 0.25) is 0 Å². The Hall–Kier alpha value is -0.770. The molecule has 0 radical (unpaired) electrons. The number of nitrogens with one attached hydrogen (secondary N) is 1. The second-order valence-electron chi connectivity index (χ2n) is 4.10. The van der Waals surface area contributed by atoms with E-state index in [0.717, 1.165) is 49.1 Å². The Labute approximate surface area is 99.7 Å². The van der Waals surface area contributed by atoms with Crippen LogP contribution in [-0.2, 0) is 11.2 Å². The van der Waals surface area contributed by atoms with Crippen LogP contribution in [0.2, 0.25) is 5.02 Å². The van der Waals surface area contributed by atoms with Crippen LogP contribution in [0, 0.1) is 0 Å². The van der Waals surface area contributed by atoms with Crippen molar-refractivity contribution in [3.63, 3.8) is 0 Å². The topological polar surface area (TPSA) is 30.5 Å². The summed E-state index contributed by atoms with van der Waals surface area (Å²) < 4.78 is 11.3. The predicted octanol–water partition coefficient (Wildman–Crippen LogP) is 1.94. The minimum Gasteiger partial charge on any atom is -0.493 e.